The molecule has 0 saturated carbocycles. The summed E-state index contributed by atoms with van der Waals surface area (Å²) in [5, 5.41) is 27.4. The molecule has 5 nitrogen and oxygen atoms in total. The second-order valence-electron chi connectivity index (χ2n) is 4.04. The molecule has 0 spiro atoms. The molecule has 0 aliphatic rings. The third kappa shape index (κ3) is 2.08. The maximum Gasteiger partial charge on any atom is 0.145 e. The molecule has 0 bridgehead atoms. The average Bonchev–Trinajstić information content (AvgIpc) is 2.60. The van der Waals surface area contributed by atoms with Gasteiger partial charge in [-0.1, -0.05) is 19.1 Å². The van der Waals surface area contributed by atoms with Crippen molar-refractivity contribution in [2.45, 2.75) is 24.8 Å². The molecule has 0 unspecified atom stereocenters. The van der Waals surface area contributed by atoms with Crippen LogP contribution in [0.25, 0.3) is 5.69 Å². The van der Waals surface area contributed by atoms with Crippen LogP contribution in [0.2, 0.25) is 0 Å². The normalized spacial score (nSPS) is 11.1. The Kier molecular flexibility index (Phi) is 2.97. The highest BCUT2D eigenvalue weighted by Gasteiger charge is 2.17. The molecule has 0 aliphatic heterocycles. The summed E-state index contributed by atoms with van der Waals surface area (Å²) >= 11 is 4.24. The smallest absolute Gasteiger partial charge is 0.145 e. The van der Waals surface area contributed by atoms with E-state index in [4.69, 9.17) is 0 Å². The zero-order valence-electron chi connectivity index (χ0n) is 9.49. The van der Waals surface area contributed by atoms with E-state index >= 15 is 0 Å². The summed E-state index contributed by atoms with van der Waals surface area (Å²) in [6.07, 6.45) is 0. The van der Waals surface area contributed by atoms with Crippen molar-refractivity contribution in [1.29, 1.82) is 0 Å². The van der Waals surface area contributed by atoms with Crippen LogP contribution in [0.1, 0.15) is 25.5 Å². The fourth-order valence-electron chi connectivity index (χ4n) is 1.65. The predicted octanol–water partition coefficient (Wildman–Crippen LogP) is 2.09. The monoisotopic (exact) mass is 251 g/mol. The van der Waals surface area contributed by atoms with Crippen LogP contribution < -0.4 is 0 Å². The molecule has 0 atom stereocenters. The second-order valence-corrected chi connectivity index (χ2v) is 4.46. The van der Waals surface area contributed by atoms with Gasteiger partial charge in [-0.25, -0.2) is 4.68 Å². The minimum absolute atomic E-state index is 0.00330. The molecule has 17 heavy (non-hydrogen) atoms. The fourth-order valence-corrected chi connectivity index (χ4v) is 2.05. The lowest BCUT2D eigenvalue weighted by atomic mass is 10.1. The van der Waals surface area contributed by atoms with Crippen LogP contribution in [0.5, 0.6) is 11.5 Å². The largest absolute Gasteiger partial charge is 0.508 e. The van der Waals surface area contributed by atoms with Crippen molar-refractivity contribution in [1.82, 2.24) is 15.0 Å². The van der Waals surface area contributed by atoms with Crippen LogP contribution in [0.3, 0.4) is 0 Å². The van der Waals surface area contributed by atoms with Gasteiger partial charge in [-0.2, -0.15) is 0 Å². The molecule has 0 amide bonds. The summed E-state index contributed by atoms with van der Waals surface area (Å²) in [6.45, 7) is 3.98. The van der Waals surface area contributed by atoms with Gasteiger partial charge in [0.15, 0.2) is 0 Å². The zero-order chi connectivity index (χ0) is 12.6. The van der Waals surface area contributed by atoms with Gasteiger partial charge in [0.25, 0.3) is 0 Å². The van der Waals surface area contributed by atoms with E-state index in [1.807, 2.05) is 13.8 Å². The van der Waals surface area contributed by atoms with E-state index < -0.39 is 0 Å². The summed E-state index contributed by atoms with van der Waals surface area (Å²) in [6, 6.07) is 4.33. The number of nitrogens with zero attached hydrogens (tertiary/aromatic N) is 3. The van der Waals surface area contributed by atoms with Crippen molar-refractivity contribution in [3.05, 3.63) is 23.9 Å². The molecule has 2 aromatic rings. The van der Waals surface area contributed by atoms with Crippen molar-refractivity contribution in [3.63, 3.8) is 0 Å². The van der Waals surface area contributed by atoms with Crippen LogP contribution >= 0.6 is 12.6 Å². The number of rotatable bonds is 2. The first-order valence-corrected chi connectivity index (χ1v) is 5.62. The molecule has 0 aliphatic carbocycles. The minimum atomic E-state index is -0.0508. The van der Waals surface area contributed by atoms with Crippen molar-refractivity contribution >= 4 is 12.6 Å². The molecule has 1 aromatic carbocycles. The molecule has 2 rings (SSSR count). The maximum atomic E-state index is 9.79. The number of phenols is 2. The standard InChI is InChI=1S/C11H13N3O2S/c1-6(2)10-11(17)12-13-14(10)8-4-3-7(15)5-9(8)16/h3-6,15-17H,1-2H3. The Hall–Kier alpha value is -1.69. The number of hydrogen-bond donors (Lipinski definition) is 3. The Morgan fingerprint density at radius 3 is 2.59 bits per heavy atom. The fraction of sp³-hybridized carbons (Fsp3) is 0.273. The Morgan fingerprint density at radius 2 is 2.00 bits per heavy atom. The highest BCUT2D eigenvalue weighted by Crippen LogP contribution is 2.30. The quantitative estimate of drug-likeness (QED) is 0.715. The first-order chi connectivity index (χ1) is 8.00. The van der Waals surface area contributed by atoms with Gasteiger partial charge in [-0.05, 0) is 18.1 Å². The zero-order valence-corrected chi connectivity index (χ0v) is 10.4. The number of phenolic OH excluding ortho intramolecular Hbond substituents is 2. The van der Waals surface area contributed by atoms with E-state index in [0.717, 1.165) is 5.69 Å². The third-order valence-corrected chi connectivity index (χ3v) is 2.74. The van der Waals surface area contributed by atoms with Crippen molar-refractivity contribution < 1.29 is 10.2 Å². The van der Waals surface area contributed by atoms with Gasteiger partial charge in [0.2, 0.25) is 0 Å². The number of aromatic hydroxyl groups is 2. The molecule has 0 fully saturated rings. The van der Waals surface area contributed by atoms with Gasteiger partial charge in [0.05, 0.1) is 5.69 Å². The molecule has 6 heteroatoms. The van der Waals surface area contributed by atoms with Crippen LogP contribution in [0, 0.1) is 0 Å². The van der Waals surface area contributed by atoms with E-state index in [2.05, 4.69) is 22.9 Å². The first kappa shape index (κ1) is 11.8. The molecule has 0 radical (unpaired) electrons. The lowest BCUT2D eigenvalue weighted by Gasteiger charge is -2.10. The summed E-state index contributed by atoms with van der Waals surface area (Å²) in [4.78, 5) is 0. The number of hydrogen-bond acceptors (Lipinski definition) is 5. The third-order valence-electron chi connectivity index (χ3n) is 2.42. The topological polar surface area (TPSA) is 71.2 Å². The first-order valence-electron chi connectivity index (χ1n) is 5.17. The van der Waals surface area contributed by atoms with E-state index in [1.165, 1.54) is 16.8 Å². The van der Waals surface area contributed by atoms with Gasteiger partial charge in [0, 0.05) is 6.07 Å². The number of thiol groups is 1. The Balaban J connectivity index is 2.61. The number of benzene rings is 1. The molecular weight excluding hydrogens is 238 g/mol. The molecule has 2 N–H and O–H groups in total. The van der Waals surface area contributed by atoms with E-state index in [-0.39, 0.29) is 17.4 Å². The van der Waals surface area contributed by atoms with E-state index in [9.17, 15) is 10.2 Å². The van der Waals surface area contributed by atoms with Crippen molar-refractivity contribution in [2.24, 2.45) is 0 Å². The number of aromatic nitrogens is 3. The molecular formula is C11H13N3O2S. The Bertz CT molecular complexity index is 552. The lowest BCUT2D eigenvalue weighted by molar-refractivity contribution is 0.446. The van der Waals surface area contributed by atoms with Gasteiger partial charge >= 0.3 is 0 Å². The van der Waals surface area contributed by atoms with Crippen LogP contribution in [0.4, 0.5) is 0 Å². The van der Waals surface area contributed by atoms with Gasteiger partial charge in [-0.3, -0.25) is 0 Å². The van der Waals surface area contributed by atoms with Gasteiger partial charge in [0.1, 0.15) is 22.2 Å². The van der Waals surface area contributed by atoms with Crippen molar-refractivity contribution in [3.8, 4) is 17.2 Å². The summed E-state index contributed by atoms with van der Waals surface area (Å²) in [7, 11) is 0. The minimum Gasteiger partial charge on any atom is -0.508 e. The maximum absolute atomic E-state index is 9.79. The molecule has 0 saturated heterocycles. The second kappa shape index (κ2) is 4.29. The predicted molar refractivity (Wildman–Crippen MR) is 66.0 cm³/mol. The molecule has 90 valence electrons. The van der Waals surface area contributed by atoms with Crippen LogP contribution in [0.15, 0.2) is 23.2 Å². The highest BCUT2D eigenvalue weighted by molar-refractivity contribution is 7.80. The Morgan fingerprint density at radius 1 is 1.29 bits per heavy atom. The Labute approximate surface area is 104 Å². The van der Waals surface area contributed by atoms with Gasteiger partial charge < -0.3 is 10.2 Å². The summed E-state index contributed by atoms with van der Waals surface area (Å²) < 4.78 is 1.53. The van der Waals surface area contributed by atoms with E-state index in [0.29, 0.717) is 10.7 Å². The summed E-state index contributed by atoms with van der Waals surface area (Å²) in [5.74, 6) is 0.124. The highest BCUT2D eigenvalue weighted by atomic mass is 32.1. The SMILES string of the molecule is CC(C)c1c(S)nnn1-c1ccc(O)cc1O. The van der Waals surface area contributed by atoms with Gasteiger partial charge in [-0.15, -0.1) is 17.7 Å². The summed E-state index contributed by atoms with van der Waals surface area (Å²) in [5.41, 5.74) is 1.29. The molecule has 1 aromatic heterocycles. The van der Waals surface area contributed by atoms with Crippen LogP contribution in [-0.4, -0.2) is 25.2 Å². The molecule has 1 heterocycles. The lowest BCUT2D eigenvalue weighted by Crippen LogP contribution is -2.04. The van der Waals surface area contributed by atoms with Crippen LogP contribution in [-0.2, 0) is 0 Å². The van der Waals surface area contributed by atoms with Crippen molar-refractivity contribution in [2.75, 3.05) is 0 Å². The average molecular weight is 251 g/mol. The van der Waals surface area contributed by atoms with E-state index in [1.54, 1.807) is 6.07 Å².